The SMILES string of the molecule is CCC(Oc1ccccc1Cl)C(=O)OCc1ccc2[nH]ncc2c1. The molecular formula is C18H17ClN2O3. The Bertz CT molecular complexity index is 847. The molecule has 6 heteroatoms. The van der Waals surface area contributed by atoms with Crippen molar-refractivity contribution in [3.8, 4) is 5.75 Å². The maximum absolute atomic E-state index is 12.3. The zero-order chi connectivity index (χ0) is 16.9. The number of aromatic amines is 1. The Kier molecular flexibility index (Phi) is 5.01. The average Bonchev–Trinajstić information content (AvgIpc) is 3.06. The number of aromatic nitrogens is 2. The largest absolute Gasteiger partial charge is 0.477 e. The molecule has 0 amide bonds. The van der Waals surface area contributed by atoms with Crippen LogP contribution in [0.3, 0.4) is 0 Å². The van der Waals surface area contributed by atoms with Gasteiger partial charge in [-0.15, -0.1) is 0 Å². The summed E-state index contributed by atoms with van der Waals surface area (Å²) in [7, 11) is 0. The fourth-order valence-electron chi connectivity index (χ4n) is 2.32. The summed E-state index contributed by atoms with van der Waals surface area (Å²) in [5, 5.41) is 8.29. The molecular weight excluding hydrogens is 328 g/mol. The highest BCUT2D eigenvalue weighted by Gasteiger charge is 2.21. The number of H-pyrrole nitrogens is 1. The molecule has 0 aliphatic rings. The van der Waals surface area contributed by atoms with Gasteiger partial charge < -0.3 is 9.47 Å². The van der Waals surface area contributed by atoms with Gasteiger partial charge in [0.15, 0.2) is 6.10 Å². The van der Waals surface area contributed by atoms with E-state index in [1.807, 2.05) is 25.1 Å². The average molecular weight is 345 g/mol. The van der Waals surface area contributed by atoms with Gasteiger partial charge in [-0.1, -0.05) is 36.7 Å². The van der Waals surface area contributed by atoms with E-state index in [-0.39, 0.29) is 6.61 Å². The van der Waals surface area contributed by atoms with Crippen LogP contribution in [0.15, 0.2) is 48.7 Å². The van der Waals surface area contributed by atoms with E-state index in [4.69, 9.17) is 21.1 Å². The van der Waals surface area contributed by atoms with Crippen molar-refractivity contribution in [1.29, 1.82) is 0 Å². The molecule has 1 heterocycles. The molecule has 1 atom stereocenters. The van der Waals surface area contributed by atoms with E-state index >= 15 is 0 Å². The zero-order valence-corrected chi connectivity index (χ0v) is 13.9. The van der Waals surface area contributed by atoms with Gasteiger partial charge in [-0.25, -0.2) is 4.79 Å². The van der Waals surface area contributed by atoms with Crippen molar-refractivity contribution in [2.24, 2.45) is 0 Å². The lowest BCUT2D eigenvalue weighted by atomic mass is 10.2. The molecule has 3 rings (SSSR count). The Labute approximate surface area is 144 Å². The van der Waals surface area contributed by atoms with Crippen LogP contribution >= 0.6 is 11.6 Å². The number of hydrogen-bond acceptors (Lipinski definition) is 4. The molecule has 24 heavy (non-hydrogen) atoms. The Morgan fingerprint density at radius 1 is 1.29 bits per heavy atom. The Morgan fingerprint density at radius 3 is 2.92 bits per heavy atom. The van der Waals surface area contributed by atoms with E-state index < -0.39 is 12.1 Å². The fourth-order valence-corrected chi connectivity index (χ4v) is 2.50. The van der Waals surface area contributed by atoms with Crippen LogP contribution in [0.25, 0.3) is 10.9 Å². The number of hydrogen-bond donors (Lipinski definition) is 1. The minimum Gasteiger partial charge on any atom is -0.477 e. The van der Waals surface area contributed by atoms with E-state index in [2.05, 4.69) is 10.2 Å². The lowest BCUT2D eigenvalue weighted by molar-refractivity contribution is -0.153. The standard InChI is InChI=1S/C18H17ClN2O3/c1-2-16(24-17-6-4-3-5-14(17)19)18(22)23-11-12-7-8-15-13(9-12)10-20-21-15/h3-10,16H,2,11H2,1H3,(H,20,21). The molecule has 3 aromatic rings. The van der Waals surface area contributed by atoms with Crippen molar-refractivity contribution in [1.82, 2.24) is 10.2 Å². The number of nitrogens with one attached hydrogen (secondary N) is 1. The van der Waals surface area contributed by atoms with Crippen LogP contribution < -0.4 is 4.74 Å². The van der Waals surface area contributed by atoms with Crippen LogP contribution in [-0.2, 0) is 16.1 Å². The van der Waals surface area contributed by atoms with E-state index in [0.717, 1.165) is 16.5 Å². The molecule has 124 valence electrons. The molecule has 0 saturated carbocycles. The maximum atomic E-state index is 12.3. The lowest BCUT2D eigenvalue weighted by Crippen LogP contribution is -2.28. The lowest BCUT2D eigenvalue weighted by Gasteiger charge is -2.17. The summed E-state index contributed by atoms with van der Waals surface area (Å²) in [6.45, 7) is 2.04. The van der Waals surface area contributed by atoms with Crippen LogP contribution in [0.2, 0.25) is 5.02 Å². The van der Waals surface area contributed by atoms with Gasteiger partial charge >= 0.3 is 5.97 Å². The van der Waals surface area contributed by atoms with Gasteiger partial charge in [0.1, 0.15) is 12.4 Å². The van der Waals surface area contributed by atoms with Gasteiger partial charge in [0.05, 0.1) is 16.7 Å². The molecule has 0 aliphatic heterocycles. The van der Waals surface area contributed by atoms with E-state index in [0.29, 0.717) is 17.2 Å². The van der Waals surface area contributed by atoms with Gasteiger partial charge in [0, 0.05) is 5.39 Å². The summed E-state index contributed by atoms with van der Waals surface area (Å²) >= 11 is 6.06. The highest BCUT2D eigenvalue weighted by atomic mass is 35.5. The van der Waals surface area contributed by atoms with E-state index in [9.17, 15) is 4.79 Å². The number of carbonyl (C=O) groups excluding carboxylic acids is 1. The van der Waals surface area contributed by atoms with Crippen molar-refractivity contribution in [2.45, 2.75) is 26.1 Å². The molecule has 0 spiro atoms. The van der Waals surface area contributed by atoms with Crippen molar-refractivity contribution in [2.75, 3.05) is 0 Å². The number of carbonyl (C=O) groups is 1. The van der Waals surface area contributed by atoms with Gasteiger partial charge in [-0.2, -0.15) is 5.10 Å². The quantitative estimate of drug-likeness (QED) is 0.683. The monoisotopic (exact) mass is 344 g/mol. The predicted octanol–water partition coefficient (Wildman–Crippen LogP) is 4.12. The molecule has 0 radical (unpaired) electrons. The summed E-state index contributed by atoms with van der Waals surface area (Å²) in [4.78, 5) is 12.3. The predicted molar refractivity (Wildman–Crippen MR) is 92.0 cm³/mol. The summed E-state index contributed by atoms with van der Waals surface area (Å²) < 4.78 is 11.1. The third kappa shape index (κ3) is 3.68. The molecule has 5 nitrogen and oxygen atoms in total. The van der Waals surface area contributed by atoms with Gasteiger partial charge in [-0.05, 0) is 36.2 Å². The number of nitrogens with zero attached hydrogens (tertiary/aromatic N) is 1. The minimum absolute atomic E-state index is 0.183. The second-order valence-corrected chi connectivity index (χ2v) is 5.75. The van der Waals surface area contributed by atoms with Gasteiger partial charge in [-0.3, -0.25) is 5.10 Å². The molecule has 0 fully saturated rings. The maximum Gasteiger partial charge on any atom is 0.347 e. The number of halogens is 1. The molecule has 1 N–H and O–H groups in total. The first-order chi connectivity index (χ1) is 11.7. The Hall–Kier alpha value is -2.53. The van der Waals surface area contributed by atoms with Crippen LogP contribution in [0.5, 0.6) is 5.75 Å². The van der Waals surface area contributed by atoms with Crippen molar-refractivity contribution >= 4 is 28.5 Å². The third-order valence-corrected chi connectivity index (χ3v) is 3.94. The van der Waals surface area contributed by atoms with Crippen LogP contribution in [0.4, 0.5) is 0 Å². The third-order valence-electron chi connectivity index (χ3n) is 3.63. The van der Waals surface area contributed by atoms with Crippen LogP contribution in [-0.4, -0.2) is 22.3 Å². The summed E-state index contributed by atoms with van der Waals surface area (Å²) in [5.41, 5.74) is 1.84. The first-order valence-electron chi connectivity index (χ1n) is 7.67. The summed E-state index contributed by atoms with van der Waals surface area (Å²) in [6, 6.07) is 12.8. The fraction of sp³-hybridized carbons (Fsp3) is 0.222. The number of ether oxygens (including phenoxy) is 2. The first kappa shape index (κ1) is 16.3. The first-order valence-corrected chi connectivity index (χ1v) is 8.05. The number of benzene rings is 2. The summed E-state index contributed by atoms with van der Waals surface area (Å²) in [6.07, 6.45) is 1.53. The van der Waals surface area contributed by atoms with Gasteiger partial charge in [0.25, 0.3) is 0 Å². The number of esters is 1. The van der Waals surface area contributed by atoms with Crippen LogP contribution in [0.1, 0.15) is 18.9 Å². The number of para-hydroxylation sites is 1. The number of rotatable bonds is 6. The number of fused-ring (bicyclic) bond motifs is 1. The molecule has 0 bridgehead atoms. The minimum atomic E-state index is -0.692. The van der Waals surface area contributed by atoms with Gasteiger partial charge in [0.2, 0.25) is 0 Å². The van der Waals surface area contributed by atoms with Crippen molar-refractivity contribution < 1.29 is 14.3 Å². The van der Waals surface area contributed by atoms with Crippen LogP contribution in [0, 0.1) is 0 Å². The topological polar surface area (TPSA) is 64.2 Å². The second-order valence-electron chi connectivity index (χ2n) is 5.34. The van der Waals surface area contributed by atoms with E-state index in [1.165, 1.54) is 0 Å². The zero-order valence-electron chi connectivity index (χ0n) is 13.2. The summed E-state index contributed by atoms with van der Waals surface area (Å²) in [5.74, 6) is 0.0625. The molecule has 1 unspecified atom stereocenters. The van der Waals surface area contributed by atoms with Crippen molar-refractivity contribution in [3.05, 3.63) is 59.2 Å². The Morgan fingerprint density at radius 2 is 2.12 bits per heavy atom. The smallest absolute Gasteiger partial charge is 0.347 e. The van der Waals surface area contributed by atoms with E-state index in [1.54, 1.807) is 30.5 Å². The molecule has 2 aromatic carbocycles. The highest BCUT2D eigenvalue weighted by molar-refractivity contribution is 6.32. The molecule has 1 aromatic heterocycles. The second kappa shape index (κ2) is 7.36. The molecule has 0 saturated heterocycles. The van der Waals surface area contributed by atoms with Crippen molar-refractivity contribution in [3.63, 3.8) is 0 Å². The highest BCUT2D eigenvalue weighted by Crippen LogP contribution is 2.25. The normalized spacial score (nSPS) is 12.1. The molecule has 0 aliphatic carbocycles. The Balaban J connectivity index is 1.62.